The van der Waals surface area contributed by atoms with Crippen molar-refractivity contribution in [3.05, 3.63) is 96.1 Å². The Morgan fingerprint density at radius 1 is 0.848 bits per heavy atom. The van der Waals surface area contributed by atoms with E-state index in [1.54, 1.807) is 24.3 Å². The van der Waals surface area contributed by atoms with E-state index < -0.39 is 36.9 Å². The fourth-order valence-corrected chi connectivity index (χ4v) is 4.90. The third kappa shape index (κ3) is 11.5. The number of nitrogens with zero attached hydrogens (tertiary/aromatic N) is 1. The highest BCUT2D eigenvalue weighted by Gasteiger charge is 2.42. The van der Waals surface area contributed by atoms with Crippen molar-refractivity contribution in [3.63, 3.8) is 0 Å². The summed E-state index contributed by atoms with van der Waals surface area (Å²) >= 11 is 0. The van der Waals surface area contributed by atoms with Crippen LogP contribution in [0.4, 0.5) is 4.79 Å². The molecule has 2 amide bonds. The highest BCUT2D eigenvalue weighted by Crippen LogP contribution is 2.48. The van der Waals surface area contributed by atoms with E-state index in [1.807, 2.05) is 60.7 Å². The molecule has 0 aliphatic carbocycles. The molecule has 0 bridgehead atoms. The minimum atomic E-state index is -4.75. The largest absolute Gasteiger partial charge is 0.466 e. The summed E-state index contributed by atoms with van der Waals surface area (Å²) < 4.78 is 23.1. The Hall–Kier alpha value is -3.86. The van der Waals surface area contributed by atoms with Crippen LogP contribution >= 0.6 is 7.60 Å². The first-order valence-corrected chi connectivity index (χ1v) is 16.9. The van der Waals surface area contributed by atoms with Gasteiger partial charge in [-0.2, -0.15) is 0 Å². The Balaban J connectivity index is 1.84. The molecule has 11 nitrogen and oxygen atoms in total. The van der Waals surface area contributed by atoms with E-state index in [0.29, 0.717) is 24.1 Å². The van der Waals surface area contributed by atoms with Crippen LogP contribution in [0, 0.1) is 0 Å². The molecule has 0 radical (unpaired) electrons. The van der Waals surface area contributed by atoms with E-state index >= 15 is 0 Å². The van der Waals surface area contributed by atoms with E-state index in [9.17, 15) is 28.7 Å². The maximum atomic E-state index is 14.1. The normalized spacial score (nSPS) is 12.3. The van der Waals surface area contributed by atoms with Crippen LogP contribution in [0.2, 0.25) is 0 Å². The molecule has 12 heteroatoms. The predicted octanol–water partition coefficient (Wildman–Crippen LogP) is 5.00. The number of carbonyl (C=O) groups is 3. The van der Waals surface area contributed by atoms with Crippen molar-refractivity contribution in [2.45, 2.75) is 63.9 Å². The van der Waals surface area contributed by atoms with E-state index in [-0.39, 0.29) is 32.6 Å². The number of hydrogen-bond donors (Lipinski definition) is 4. The van der Waals surface area contributed by atoms with E-state index in [0.717, 1.165) is 28.9 Å². The second kappa shape index (κ2) is 17.7. The van der Waals surface area contributed by atoms with Crippen LogP contribution in [0.3, 0.4) is 0 Å². The number of amides is 2. The standard InChI is InChI=1S/C34H44N3O8P/c1-34(2,46(41,42)43)36-30(24-26-16-18-29(19-17-26)28-14-8-4-9-15-28)32(39)37(22-20-31(38)44-23-11-5-10-21-35)33(40)45-25-27-12-6-3-7-13-27/h3-4,6-9,12-19,30,36H,5,10-11,20-25,35H2,1-2H3,(H2,41,42,43). The van der Waals surface area contributed by atoms with Gasteiger partial charge in [0.05, 0.1) is 19.1 Å². The van der Waals surface area contributed by atoms with Gasteiger partial charge in [0, 0.05) is 6.54 Å². The molecule has 0 aliphatic heterocycles. The highest BCUT2D eigenvalue weighted by atomic mass is 31.2. The molecule has 1 atom stereocenters. The molecule has 0 saturated heterocycles. The van der Waals surface area contributed by atoms with Crippen molar-refractivity contribution in [1.82, 2.24) is 10.2 Å². The van der Waals surface area contributed by atoms with Crippen LogP contribution in [0.25, 0.3) is 11.1 Å². The third-order valence-corrected chi connectivity index (χ3v) is 8.98. The third-order valence-electron chi connectivity index (χ3n) is 7.40. The number of benzene rings is 3. The van der Waals surface area contributed by atoms with Crippen molar-refractivity contribution in [3.8, 4) is 11.1 Å². The molecule has 3 rings (SSSR count). The average molecular weight is 654 g/mol. The zero-order chi connectivity index (χ0) is 33.6. The fraction of sp³-hybridized carbons (Fsp3) is 0.382. The van der Waals surface area contributed by atoms with E-state index in [4.69, 9.17) is 15.2 Å². The molecule has 3 aromatic rings. The molecule has 1 unspecified atom stereocenters. The number of carbonyl (C=O) groups excluding carboxylic acids is 3. The average Bonchev–Trinajstić information content (AvgIpc) is 3.04. The van der Waals surface area contributed by atoms with Gasteiger partial charge >= 0.3 is 19.7 Å². The van der Waals surface area contributed by atoms with Crippen LogP contribution in [-0.4, -0.2) is 63.7 Å². The van der Waals surface area contributed by atoms with Gasteiger partial charge in [-0.05, 0) is 68.3 Å². The van der Waals surface area contributed by atoms with Gasteiger partial charge in [0.25, 0.3) is 0 Å². The zero-order valence-corrected chi connectivity index (χ0v) is 27.2. The number of imide groups is 1. The summed E-state index contributed by atoms with van der Waals surface area (Å²) in [6, 6.07) is 24.7. The number of unbranched alkanes of at least 4 members (excludes halogenated alkanes) is 2. The topological polar surface area (TPSA) is 168 Å². The molecule has 0 aromatic heterocycles. The van der Waals surface area contributed by atoms with Gasteiger partial charge < -0.3 is 25.0 Å². The molecular formula is C34H44N3O8P. The van der Waals surface area contributed by atoms with Gasteiger partial charge in [0.1, 0.15) is 11.9 Å². The quantitative estimate of drug-likeness (QED) is 0.0884. The maximum absolute atomic E-state index is 14.1. The first-order chi connectivity index (χ1) is 21.9. The summed E-state index contributed by atoms with van der Waals surface area (Å²) in [6.07, 6.45) is 0.952. The van der Waals surface area contributed by atoms with Crippen molar-refractivity contribution in [2.75, 3.05) is 19.7 Å². The second-order valence-electron chi connectivity index (χ2n) is 11.4. The molecule has 0 fully saturated rings. The lowest BCUT2D eigenvalue weighted by atomic mass is 9.99. The van der Waals surface area contributed by atoms with Gasteiger partial charge in [-0.1, -0.05) is 84.9 Å². The van der Waals surface area contributed by atoms with Crippen LogP contribution in [0.5, 0.6) is 0 Å². The van der Waals surface area contributed by atoms with Gasteiger partial charge in [-0.15, -0.1) is 0 Å². The highest BCUT2D eigenvalue weighted by molar-refractivity contribution is 7.53. The Bertz CT molecular complexity index is 1450. The summed E-state index contributed by atoms with van der Waals surface area (Å²) in [7, 11) is -4.75. The van der Waals surface area contributed by atoms with Gasteiger partial charge in [-0.25, -0.2) is 9.69 Å². The number of ether oxygens (including phenoxy) is 2. The lowest BCUT2D eigenvalue weighted by molar-refractivity contribution is -0.144. The van der Waals surface area contributed by atoms with E-state index in [1.165, 1.54) is 13.8 Å². The minimum Gasteiger partial charge on any atom is -0.466 e. The number of nitrogens with one attached hydrogen (secondary N) is 1. The molecule has 5 N–H and O–H groups in total. The predicted molar refractivity (Wildman–Crippen MR) is 175 cm³/mol. The van der Waals surface area contributed by atoms with Gasteiger partial charge in [0.15, 0.2) is 0 Å². The monoisotopic (exact) mass is 653 g/mol. The number of nitrogens with two attached hydrogens (primary N) is 1. The summed E-state index contributed by atoms with van der Waals surface area (Å²) in [5.41, 5.74) is 8.82. The first-order valence-electron chi connectivity index (χ1n) is 15.3. The van der Waals surface area contributed by atoms with Gasteiger partial charge in [-0.3, -0.25) is 19.5 Å². The lowest BCUT2D eigenvalue weighted by Gasteiger charge is -2.33. The van der Waals surface area contributed by atoms with Crippen molar-refractivity contribution >= 4 is 25.6 Å². The summed E-state index contributed by atoms with van der Waals surface area (Å²) in [5.74, 6) is -1.40. The second-order valence-corrected chi connectivity index (χ2v) is 13.6. The van der Waals surface area contributed by atoms with Crippen LogP contribution in [0.1, 0.15) is 50.7 Å². The zero-order valence-electron chi connectivity index (χ0n) is 26.3. The Labute approximate surface area is 270 Å². The Kier molecular flexibility index (Phi) is 14.1. The van der Waals surface area contributed by atoms with Crippen molar-refractivity contribution in [2.24, 2.45) is 5.73 Å². The molecule has 46 heavy (non-hydrogen) atoms. The summed E-state index contributed by atoms with van der Waals surface area (Å²) in [4.78, 5) is 60.8. The summed E-state index contributed by atoms with van der Waals surface area (Å²) in [5, 5.41) is 0.970. The SMILES string of the molecule is CC(C)(NC(Cc1ccc(-c2ccccc2)cc1)C(=O)N(CCC(=O)OCCCCCN)C(=O)OCc1ccccc1)P(=O)(O)O. The molecule has 0 heterocycles. The number of hydrogen-bond acceptors (Lipinski definition) is 8. The van der Waals surface area contributed by atoms with Crippen LogP contribution in [0.15, 0.2) is 84.9 Å². The Morgan fingerprint density at radius 3 is 2.07 bits per heavy atom. The smallest absolute Gasteiger partial charge is 0.416 e. The van der Waals surface area contributed by atoms with Crippen LogP contribution in [-0.2, 0) is 36.7 Å². The molecule has 248 valence electrons. The molecule has 3 aromatic carbocycles. The van der Waals surface area contributed by atoms with E-state index in [2.05, 4.69) is 5.32 Å². The molecular weight excluding hydrogens is 609 g/mol. The van der Waals surface area contributed by atoms with Crippen molar-refractivity contribution in [1.29, 1.82) is 0 Å². The Morgan fingerprint density at radius 2 is 1.46 bits per heavy atom. The summed E-state index contributed by atoms with van der Waals surface area (Å²) in [6.45, 7) is 2.82. The minimum absolute atomic E-state index is 0.00854. The molecule has 0 aliphatic rings. The number of esters is 1. The first kappa shape index (κ1) is 36.6. The fourth-order valence-electron chi connectivity index (χ4n) is 4.57. The lowest BCUT2D eigenvalue weighted by Crippen LogP contribution is -2.56. The van der Waals surface area contributed by atoms with Crippen LogP contribution < -0.4 is 11.1 Å². The maximum Gasteiger partial charge on any atom is 0.416 e. The number of rotatable bonds is 17. The molecule has 0 saturated carbocycles. The molecule has 0 spiro atoms. The van der Waals surface area contributed by atoms with Crippen molar-refractivity contribution < 1.29 is 38.2 Å². The van der Waals surface area contributed by atoms with Gasteiger partial charge in [0.2, 0.25) is 5.91 Å².